The smallest absolute Gasteiger partial charge is 0.215 e. The van der Waals surface area contributed by atoms with Crippen LogP contribution in [0.5, 0.6) is 0 Å². The molecule has 0 radical (unpaired) electrons. The molecule has 5 nitrogen and oxygen atoms in total. The van der Waals surface area contributed by atoms with Crippen molar-refractivity contribution in [2.75, 3.05) is 33.2 Å². The lowest BCUT2D eigenvalue weighted by molar-refractivity contribution is 0.249. The van der Waals surface area contributed by atoms with E-state index in [1.807, 2.05) is 0 Å². The lowest BCUT2D eigenvalue weighted by atomic mass is 10.2. The molecule has 0 amide bonds. The van der Waals surface area contributed by atoms with E-state index in [2.05, 4.69) is 22.0 Å². The fourth-order valence-corrected chi connectivity index (χ4v) is 4.52. The molecule has 1 aliphatic heterocycles. The van der Waals surface area contributed by atoms with Crippen molar-refractivity contribution in [3.8, 4) is 0 Å². The fraction of sp³-hybridized carbons (Fsp3) is 1.00. The summed E-state index contributed by atoms with van der Waals surface area (Å²) >= 11 is 0. The monoisotopic (exact) mass is 289 g/mol. The van der Waals surface area contributed by atoms with Gasteiger partial charge in [-0.05, 0) is 39.3 Å². The zero-order valence-corrected chi connectivity index (χ0v) is 12.7. The maximum absolute atomic E-state index is 12.1. The van der Waals surface area contributed by atoms with Crippen molar-refractivity contribution in [2.24, 2.45) is 0 Å². The van der Waals surface area contributed by atoms with Crippen molar-refractivity contribution in [3.63, 3.8) is 0 Å². The van der Waals surface area contributed by atoms with Crippen molar-refractivity contribution in [3.05, 3.63) is 0 Å². The van der Waals surface area contributed by atoms with Gasteiger partial charge in [0.1, 0.15) is 0 Å². The predicted molar refractivity (Wildman–Crippen MR) is 77.7 cm³/mol. The molecule has 2 aliphatic rings. The van der Waals surface area contributed by atoms with E-state index >= 15 is 0 Å². The Morgan fingerprint density at radius 1 is 1.21 bits per heavy atom. The minimum Gasteiger partial charge on any atom is -0.315 e. The standard InChI is InChI=1S/C13H27N3O2S/c1-16(12-5-2-3-6-12)10-9-15-19(17,18)13-7-4-8-14-11-13/h12-15H,2-11H2,1H3. The highest BCUT2D eigenvalue weighted by Crippen LogP contribution is 2.21. The van der Waals surface area contributed by atoms with Gasteiger partial charge in [-0.3, -0.25) is 0 Å². The summed E-state index contributed by atoms with van der Waals surface area (Å²) < 4.78 is 27.0. The topological polar surface area (TPSA) is 61.4 Å². The predicted octanol–water partition coefficient (Wildman–Crippen LogP) is 0.532. The van der Waals surface area contributed by atoms with Crippen LogP contribution in [0, 0.1) is 0 Å². The molecular weight excluding hydrogens is 262 g/mol. The first-order valence-corrected chi connectivity index (χ1v) is 9.03. The molecule has 0 spiro atoms. The zero-order valence-electron chi connectivity index (χ0n) is 11.9. The molecule has 1 atom stereocenters. The van der Waals surface area contributed by atoms with Crippen LogP contribution >= 0.6 is 0 Å². The first-order chi connectivity index (χ1) is 9.09. The van der Waals surface area contributed by atoms with Gasteiger partial charge in [0.15, 0.2) is 0 Å². The number of rotatable bonds is 6. The summed E-state index contributed by atoms with van der Waals surface area (Å²) in [6.07, 6.45) is 6.88. The minimum absolute atomic E-state index is 0.252. The number of nitrogens with one attached hydrogen (secondary N) is 2. The molecule has 1 saturated heterocycles. The number of likely N-dealkylation sites (N-methyl/N-ethyl adjacent to an activating group) is 1. The van der Waals surface area contributed by atoms with Gasteiger partial charge in [-0.25, -0.2) is 13.1 Å². The van der Waals surface area contributed by atoms with Crippen LogP contribution in [0.4, 0.5) is 0 Å². The average Bonchev–Trinajstić information content (AvgIpc) is 2.93. The Kier molecular flexibility index (Phi) is 5.62. The Bertz CT molecular complexity index is 360. The summed E-state index contributed by atoms with van der Waals surface area (Å²) in [6, 6.07) is 0.654. The molecular formula is C13H27N3O2S. The lowest BCUT2D eigenvalue weighted by Gasteiger charge is -2.26. The quantitative estimate of drug-likeness (QED) is 0.749. The summed E-state index contributed by atoms with van der Waals surface area (Å²) in [5.74, 6) is 0. The van der Waals surface area contributed by atoms with Gasteiger partial charge in [-0.15, -0.1) is 0 Å². The molecule has 1 unspecified atom stereocenters. The molecule has 0 aromatic rings. The second-order valence-electron chi connectivity index (χ2n) is 5.83. The second-order valence-corrected chi connectivity index (χ2v) is 7.87. The normalized spacial score (nSPS) is 26.1. The van der Waals surface area contributed by atoms with Crippen LogP contribution in [0.25, 0.3) is 0 Å². The van der Waals surface area contributed by atoms with E-state index in [9.17, 15) is 8.42 Å². The molecule has 2 N–H and O–H groups in total. The van der Waals surface area contributed by atoms with Gasteiger partial charge in [0.25, 0.3) is 0 Å². The number of hydrogen-bond acceptors (Lipinski definition) is 4. The van der Waals surface area contributed by atoms with Crippen LogP contribution in [0.1, 0.15) is 38.5 Å². The van der Waals surface area contributed by atoms with Crippen LogP contribution in [0.15, 0.2) is 0 Å². The Balaban J connectivity index is 1.71. The summed E-state index contributed by atoms with van der Waals surface area (Å²) in [7, 11) is -1.04. The molecule has 2 rings (SSSR count). The van der Waals surface area contributed by atoms with E-state index in [1.165, 1.54) is 25.7 Å². The Morgan fingerprint density at radius 2 is 1.95 bits per heavy atom. The minimum atomic E-state index is -3.14. The molecule has 112 valence electrons. The van der Waals surface area contributed by atoms with E-state index in [0.717, 1.165) is 25.9 Å². The molecule has 6 heteroatoms. The molecule has 1 heterocycles. The molecule has 1 saturated carbocycles. The van der Waals surface area contributed by atoms with Crippen molar-refractivity contribution in [2.45, 2.75) is 49.8 Å². The van der Waals surface area contributed by atoms with Crippen molar-refractivity contribution < 1.29 is 8.42 Å². The molecule has 19 heavy (non-hydrogen) atoms. The third-order valence-electron chi connectivity index (χ3n) is 4.41. The molecule has 0 aromatic heterocycles. The summed E-state index contributed by atoms with van der Waals surface area (Å²) in [5, 5.41) is 2.90. The Hall–Kier alpha value is -0.170. The Labute approximate surface area is 117 Å². The third kappa shape index (κ3) is 4.41. The highest BCUT2D eigenvalue weighted by Gasteiger charge is 2.27. The maximum atomic E-state index is 12.1. The zero-order chi connectivity index (χ0) is 13.7. The number of piperidine rings is 1. The van der Waals surface area contributed by atoms with Gasteiger partial charge in [0.2, 0.25) is 10.0 Å². The van der Waals surface area contributed by atoms with E-state index in [1.54, 1.807) is 0 Å². The fourth-order valence-electron chi connectivity index (χ4n) is 3.09. The number of hydrogen-bond donors (Lipinski definition) is 2. The van der Waals surface area contributed by atoms with Crippen LogP contribution in [-0.4, -0.2) is 57.8 Å². The first-order valence-electron chi connectivity index (χ1n) is 7.49. The van der Waals surface area contributed by atoms with E-state index in [0.29, 0.717) is 19.1 Å². The number of sulfonamides is 1. The summed E-state index contributed by atoms with van der Waals surface area (Å²) in [4.78, 5) is 2.30. The van der Waals surface area contributed by atoms with Crippen molar-refractivity contribution >= 4 is 10.0 Å². The van der Waals surface area contributed by atoms with Crippen LogP contribution in [-0.2, 0) is 10.0 Å². The highest BCUT2D eigenvalue weighted by molar-refractivity contribution is 7.90. The highest BCUT2D eigenvalue weighted by atomic mass is 32.2. The average molecular weight is 289 g/mol. The van der Waals surface area contributed by atoms with Crippen molar-refractivity contribution in [1.82, 2.24) is 14.9 Å². The molecule has 1 aliphatic carbocycles. The van der Waals surface area contributed by atoms with Crippen molar-refractivity contribution in [1.29, 1.82) is 0 Å². The van der Waals surface area contributed by atoms with Gasteiger partial charge in [0, 0.05) is 25.7 Å². The van der Waals surface area contributed by atoms with Gasteiger partial charge in [-0.1, -0.05) is 12.8 Å². The van der Waals surface area contributed by atoms with Crippen LogP contribution in [0.2, 0.25) is 0 Å². The lowest BCUT2D eigenvalue weighted by Crippen LogP contribution is -2.46. The van der Waals surface area contributed by atoms with Gasteiger partial charge in [-0.2, -0.15) is 0 Å². The maximum Gasteiger partial charge on any atom is 0.215 e. The summed E-state index contributed by atoms with van der Waals surface area (Å²) in [6.45, 7) is 2.88. The molecule has 2 fully saturated rings. The molecule has 0 bridgehead atoms. The van der Waals surface area contributed by atoms with Crippen LogP contribution in [0.3, 0.4) is 0 Å². The van der Waals surface area contributed by atoms with Gasteiger partial charge in [0.05, 0.1) is 5.25 Å². The van der Waals surface area contributed by atoms with Gasteiger partial charge >= 0.3 is 0 Å². The number of nitrogens with zero attached hydrogens (tertiary/aromatic N) is 1. The van der Waals surface area contributed by atoms with E-state index in [-0.39, 0.29) is 5.25 Å². The van der Waals surface area contributed by atoms with Gasteiger partial charge < -0.3 is 10.2 Å². The Morgan fingerprint density at radius 3 is 2.58 bits per heavy atom. The molecule has 0 aromatic carbocycles. The SMILES string of the molecule is CN(CCNS(=O)(=O)C1CCCNC1)C1CCCC1. The van der Waals surface area contributed by atoms with E-state index < -0.39 is 10.0 Å². The van der Waals surface area contributed by atoms with Crippen LogP contribution < -0.4 is 10.0 Å². The second kappa shape index (κ2) is 7.02. The summed E-state index contributed by atoms with van der Waals surface area (Å²) in [5.41, 5.74) is 0. The van der Waals surface area contributed by atoms with E-state index in [4.69, 9.17) is 0 Å². The third-order valence-corrected chi connectivity index (χ3v) is 6.29. The first kappa shape index (κ1) is 15.2. The largest absolute Gasteiger partial charge is 0.315 e.